The lowest BCUT2D eigenvalue weighted by molar-refractivity contribution is -0.124. The predicted octanol–water partition coefficient (Wildman–Crippen LogP) is 2.86. The number of aromatic nitrogens is 1. The van der Waals surface area contributed by atoms with Gasteiger partial charge in [0.05, 0.1) is 30.8 Å². The van der Waals surface area contributed by atoms with Crippen LogP contribution in [0.1, 0.15) is 32.4 Å². The number of furan rings is 1. The van der Waals surface area contributed by atoms with Crippen molar-refractivity contribution < 1.29 is 18.0 Å². The van der Waals surface area contributed by atoms with Crippen LogP contribution >= 0.6 is 0 Å². The average Bonchev–Trinajstić information content (AvgIpc) is 3.20. The lowest BCUT2D eigenvalue weighted by Crippen LogP contribution is -2.47. The Balaban J connectivity index is 1.75. The van der Waals surface area contributed by atoms with Crippen molar-refractivity contribution in [2.24, 2.45) is 5.41 Å². The molecule has 2 aromatic rings. The van der Waals surface area contributed by atoms with Crippen LogP contribution in [0.15, 0.2) is 29.0 Å². The molecular weight excluding hydrogens is 328 g/mol. The molecule has 3 heterocycles. The van der Waals surface area contributed by atoms with Crippen LogP contribution in [0.2, 0.25) is 0 Å². The third-order valence-corrected chi connectivity index (χ3v) is 5.10. The quantitative estimate of drug-likeness (QED) is 0.840. The number of amides is 1. The van der Waals surface area contributed by atoms with Gasteiger partial charge in [-0.05, 0) is 38.9 Å². The molecule has 25 heavy (non-hydrogen) atoms. The van der Waals surface area contributed by atoms with Gasteiger partial charge < -0.3 is 15.1 Å². The summed E-state index contributed by atoms with van der Waals surface area (Å²) in [5.74, 6) is -0.266. The topological polar surface area (TPSA) is 67.2 Å². The number of nitrogens with zero attached hydrogens (tertiary/aromatic N) is 1. The van der Waals surface area contributed by atoms with Crippen molar-refractivity contribution in [3.05, 3.63) is 30.3 Å². The first-order valence-electron chi connectivity index (χ1n) is 8.41. The van der Waals surface area contributed by atoms with E-state index in [1.54, 1.807) is 24.6 Å². The maximum atomic E-state index is 13.4. The molecule has 1 amide bonds. The van der Waals surface area contributed by atoms with Crippen molar-refractivity contribution in [3.63, 3.8) is 0 Å². The SMILES string of the molecule is CC(C)(NC(=O)CC1NCCC1(CF)CF)c1nccc2occc12. The minimum absolute atomic E-state index is 0.0264. The summed E-state index contributed by atoms with van der Waals surface area (Å²) >= 11 is 0. The number of hydrogen-bond donors (Lipinski definition) is 2. The third-order valence-electron chi connectivity index (χ3n) is 5.10. The highest BCUT2D eigenvalue weighted by atomic mass is 19.1. The number of nitrogens with one attached hydrogen (secondary N) is 2. The number of carbonyl (C=O) groups excluding carboxylic acids is 1. The molecule has 0 aromatic carbocycles. The van der Waals surface area contributed by atoms with Gasteiger partial charge in [0.2, 0.25) is 5.91 Å². The zero-order chi connectivity index (χ0) is 18.1. The zero-order valence-electron chi connectivity index (χ0n) is 14.4. The number of rotatable bonds is 6. The molecule has 1 atom stereocenters. The second kappa shape index (κ2) is 6.71. The summed E-state index contributed by atoms with van der Waals surface area (Å²) in [5.41, 5.74) is -0.454. The molecule has 1 aliphatic heterocycles. The summed E-state index contributed by atoms with van der Waals surface area (Å²) in [5, 5.41) is 6.83. The highest BCUT2D eigenvalue weighted by Crippen LogP contribution is 2.35. The molecular formula is C18H23F2N3O2. The Morgan fingerprint density at radius 1 is 1.44 bits per heavy atom. The van der Waals surface area contributed by atoms with E-state index in [9.17, 15) is 13.6 Å². The van der Waals surface area contributed by atoms with Crippen LogP contribution in [-0.2, 0) is 10.3 Å². The number of halogens is 2. The lowest BCUT2D eigenvalue weighted by atomic mass is 9.81. The number of hydrogen-bond acceptors (Lipinski definition) is 4. The molecule has 7 heteroatoms. The largest absolute Gasteiger partial charge is 0.464 e. The van der Waals surface area contributed by atoms with Gasteiger partial charge in [-0.3, -0.25) is 18.6 Å². The van der Waals surface area contributed by atoms with Gasteiger partial charge in [0.15, 0.2) is 0 Å². The molecule has 136 valence electrons. The summed E-state index contributed by atoms with van der Waals surface area (Å²) in [6.07, 6.45) is 3.63. The molecule has 1 aliphatic rings. The number of fused-ring (bicyclic) bond motifs is 1. The molecule has 3 rings (SSSR count). The smallest absolute Gasteiger partial charge is 0.222 e. The van der Waals surface area contributed by atoms with Crippen LogP contribution in [0.5, 0.6) is 0 Å². The van der Waals surface area contributed by atoms with Crippen LogP contribution in [0.25, 0.3) is 11.0 Å². The summed E-state index contributed by atoms with van der Waals surface area (Å²) in [6, 6.07) is 3.06. The fourth-order valence-corrected chi connectivity index (χ4v) is 3.57. The second-order valence-electron chi connectivity index (χ2n) is 7.26. The van der Waals surface area contributed by atoms with Crippen LogP contribution in [0.3, 0.4) is 0 Å². The number of carbonyl (C=O) groups is 1. The third kappa shape index (κ3) is 3.25. The van der Waals surface area contributed by atoms with Crippen molar-refractivity contribution in [2.75, 3.05) is 19.9 Å². The molecule has 2 N–H and O–H groups in total. The van der Waals surface area contributed by atoms with E-state index in [1.807, 2.05) is 13.8 Å². The minimum atomic E-state index is -1.09. The molecule has 2 aromatic heterocycles. The van der Waals surface area contributed by atoms with E-state index in [0.29, 0.717) is 24.2 Å². The van der Waals surface area contributed by atoms with Crippen molar-refractivity contribution >= 4 is 16.9 Å². The van der Waals surface area contributed by atoms with Crippen molar-refractivity contribution in [3.8, 4) is 0 Å². The van der Waals surface area contributed by atoms with Gasteiger partial charge >= 0.3 is 0 Å². The standard InChI is InChI=1S/C18H23F2N3O2/c1-17(2,16-12-4-8-25-13(12)3-6-22-16)23-15(24)9-14-18(10-19,11-20)5-7-21-14/h3-4,6,8,14,21H,5,7,9-11H2,1-2H3,(H,23,24). The predicted molar refractivity (Wildman–Crippen MR) is 90.6 cm³/mol. The Morgan fingerprint density at radius 3 is 2.92 bits per heavy atom. The molecule has 0 spiro atoms. The van der Waals surface area contributed by atoms with Gasteiger partial charge in [-0.15, -0.1) is 0 Å². The van der Waals surface area contributed by atoms with Crippen molar-refractivity contribution in [2.45, 2.75) is 38.3 Å². The summed E-state index contributed by atoms with van der Waals surface area (Å²) < 4.78 is 32.1. The van der Waals surface area contributed by atoms with Gasteiger partial charge in [-0.1, -0.05) is 0 Å². The molecule has 0 radical (unpaired) electrons. The maximum Gasteiger partial charge on any atom is 0.222 e. The summed E-state index contributed by atoms with van der Waals surface area (Å²) in [7, 11) is 0. The second-order valence-corrected chi connectivity index (χ2v) is 7.26. The zero-order valence-corrected chi connectivity index (χ0v) is 14.4. The Kier molecular flexibility index (Phi) is 4.77. The van der Waals surface area contributed by atoms with E-state index in [0.717, 1.165) is 5.39 Å². The molecule has 0 bridgehead atoms. The van der Waals surface area contributed by atoms with Gasteiger partial charge in [-0.2, -0.15) is 0 Å². The van der Waals surface area contributed by atoms with E-state index in [-0.39, 0.29) is 12.3 Å². The van der Waals surface area contributed by atoms with Crippen LogP contribution in [0.4, 0.5) is 8.78 Å². The Hall–Kier alpha value is -2.02. The average molecular weight is 351 g/mol. The fraction of sp³-hybridized carbons (Fsp3) is 0.556. The van der Waals surface area contributed by atoms with E-state index in [2.05, 4.69) is 15.6 Å². The molecule has 1 saturated heterocycles. The van der Waals surface area contributed by atoms with E-state index >= 15 is 0 Å². The van der Waals surface area contributed by atoms with Crippen molar-refractivity contribution in [1.29, 1.82) is 0 Å². The van der Waals surface area contributed by atoms with Gasteiger partial charge in [-0.25, -0.2) is 0 Å². The van der Waals surface area contributed by atoms with Gasteiger partial charge in [0.25, 0.3) is 0 Å². The van der Waals surface area contributed by atoms with Crippen LogP contribution in [-0.4, -0.2) is 36.8 Å². The van der Waals surface area contributed by atoms with Crippen LogP contribution in [0, 0.1) is 5.41 Å². The molecule has 1 fully saturated rings. The first kappa shape index (κ1) is 17.8. The number of pyridine rings is 1. The van der Waals surface area contributed by atoms with Gasteiger partial charge in [0.1, 0.15) is 5.58 Å². The molecule has 0 saturated carbocycles. The van der Waals surface area contributed by atoms with E-state index in [1.165, 1.54) is 0 Å². The first-order chi connectivity index (χ1) is 11.9. The summed E-state index contributed by atoms with van der Waals surface area (Å²) in [4.78, 5) is 16.9. The van der Waals surface area contributed by atoms with E-state index in [4.69, 9.17) is 4.42 Å². The number of alkyl halides is 2. The van der Waals surface area contributed by atoms with Crippen molar-refractivity contribution in [1.82, 2.24) is 15.6 Å². The Morgan fingerprint density at radius 2 is 2.20 bits per heavy atom. The Bertz CT molecular complexity index is 756. The highest BCUT2D eigenvalue weighted by molar-refractivity contribution is 5.82. The normalized spacial score (nSPS) is 20.1. The van der Waals surface area contributed by atoms with Crippen LogP contribution < -0.4 is 10.6 Å². The summed E-state index contributed by atoms with van der Waals surface area (Å²) in [6.45, 7) is 2.67. The minimum Gasteiger partial charge on any atom is -0.464 e. The highest BCUT2D eigenvalue weighted by Gasteiger charge is 2.44. The monoisotopic (exact) mass is 351 g/mol. The molecule has 5 nitrogen and oxygen atoms in total. The maximum absolute atomic E-state index is 13.4. The first-order valence-corrected chi connectivity index (χ1v) is 8.41. The van der Waals surface area contributed by atoms with E-state index < -0.39 is 30.3 Å². The lowest BCUT2D eigenvalue weighted by Gasteiger charge is -2.31. The van der Waals surface area contributed by atoms with Gasteiger partial charge in [0, 0.05) is 29.5 Å². The fourth-order valence-electron chi connectivity index (χ4n) is 3.57. The molecule has 0 aliphatic carbocycles. The molecule has 1 unspecified atom stereocenters. The Labute approximate surface area is 145 Å².